The second-order valence-electron chi connectivity index (χ2n) is 7.81. The molecule has 1 saturated carbocycles. The van der Waals surface area contributed by atoms with E-state index >= 15 is 0 Å². The molecule has 5 rings (SSSR count). The van der Waals surface area contributed by atoms with Gasteiger partial charge in [0, 0.05) is 47.7 Å². The van der Waals surface area contributed by atoms with Crippen LogP contribution in [0.3, 0.4) is 0 Å². The van der Waals surface area contributed by atoms with E-state index < -0.39 is 10.6 Å². The van der Waals surface area contributed by atoms with Crippen molar-refractivity contribution in [3.8, 4) is 11.3 Å². The lowest BCUT2D eigenvalue weighted by Gasteiger charge is -2.35. The Kier molecular flexibility index (Phi) is 4.97. The molecule has 3 aromatic heterocycles. The minimum atomic E-state index is -1.24. The van der Waals surface area contributed by atoms with Gasteiger partial charge in [-0.1, -0.05) is 24.5 Å². The molecule has 3 aromatic rings. The van der Waals surface area contributed by atoms with E-state index in [1.54, 1.807) is 6.20 Å². The average Bonchev–Trinajstić information content (AvgIpc) is 3.39. The zero-order valence-electron chi connectivity index (χ0n) is 16.4. The fraction of sp³-hybridized carbons (Fsp3) is 0.429. The maximum atomic E-state index is 12.5. The van der Waals surface area contributed by atoms with Crippen molar-refractivity contribution in [3.63, 3.8) is 0 Å². The molecule has 8 heteroatoms. The minimum absolute atomic E-state index is 0.258. The van der Waals surface area contributed by atoms with Crippen molar-refractivity contribution in [2.24, 2.45) is 10.3 Å². The Morgan fingerprint density at radius 2 is 2.24 bits per heavy atom. The Morgan fingerprint density at radius 1 is 1.34 bits per heavy atom. The number of nitrogens with zero attached hydrogens (tertiary/aromatic N) is 4. The molecule has 0 spiro atoms. The highest BCUT2D eigenvalue weighted by Crippen LogP contribution is 2.33. The normalized spacial score (nSPS) is 21.0. The Balaban J connectivity index is 1.61. The van der Waals surface area contributed by atoms with Gasteiger partial charge in [0.05, 0.1) is 18.9 Å². The van der Waals surface area contributed by atoms with Crippen molar-refractivity contribution < 1.29 is 8.95 Å². The number of pyridine rings is 2. The van der Waals surface area contributed by atoms with Crippen molar-refractivity contribution >= 4 is 33.1 Å². The lowest BCUT2D eigenvalue weighted by atomic mass is 10.1. The Labute approximate surface area is 171 Å². The van der Waals surface area contributed by atoms with Crippen molar-refractivity contribution in [2.75, 3.05) is 30.4 Å². The van der Waals surface area contributed by atoms with Crippen molar-refractivity contribution in [1.82, 2.24) is 15.0 Å². The second kappa shape index (κ2) is 7.76. The van der Waals surface area contributed by atoms with Gasteiger partial charge in [0.25, 0.3) is 0 Å². The van der Waals surface area contributed by atoms with E-state index in [2.05, 4.69) is 32.2 Å². The number of anilines is 1. The van der Waals surface area contributed by atoms with Crippen molar-refractivity contribution in [2.45, 2.75) is 25.8 Å². The molecule has 2 fully saturated rings. The van der Waals surface area contributed by atoms with Crippen LogP contribution in [-0.2, 0) is 19.5 Å². The largest absolute Gasteiger partial charge is 0.444 e. The molecule has 29 heavy (non-hydrogen) atoms. The van der Waals surface area contributed by atoms with E-state index in [0.717, 1.165) is 47.4 Å². The summed E-state index contributed by atoms with van der Waals surface area (Å²) in [5.41, 5.74) is 3.66. The number of aromatic amines is 1. The zero-order valence-corrected chi connectivity index (χ0v) is 17.2. The molecular weight excluding hydrogens is 386 g/mol. The van der Waals surface area contributed by atoms with Gasteiger partial charge in [0.1, 0.15) is 11.5 Å². The Morgan fingerprint density at radius 3 is 3.07 bits per heavy atom. The highest BCUT2D eigenvalue weighted by Gasteiger charge is 2.21. The molecule has 1 aliphatic heterocycles. The summed E-state index contributed by atoms with van der Waals surface area (Å²) in [6.07, 6.45) is 5.98. The summed E-state index contributed by atoms with van der Waals surface area (Å²) in [5.74, 6) is 1.71. The number of hydrogen-bond donors (Lipinski definition) is 1. The molecule has 0 radical (unpaired) electrons. The van der Waals surface area contributed by atoms with Gasteiger partial charge >= 0.3 is 0 Å². The summed E-state index contributed by atoms with van der Waals surface area (Å²) in [6, 6.07) is 8.27. The molecule has 4 heterocycles. The maximum absolute atomic E-state index is 12.5. The Hall–Kier alpha value is -2.45. The van der Waals surface area contributed by atoms with Gasteiger partial charge in [-0.2, -0.15) is 10.6 Å². The number of fused-ring (bicyclic) bond motifs is 1. The van der Waals surface area contributed by atoms with Crippen LogP contribution in [0.5, 0.6) is 0 Å². The SMILES string of the molecule is C[C@@H]1COCCN1c1cc(N=[S-](=O)CC2CC2)nc(-c2ccnc3[nH]ccc23)c1. The fourth-order valence-corrected chi connectivity index (χ4v) is 4.89. The van der Waals surface area contributed by atoms with Crippen LogP contribution in [-0.4, -0.2) is 46.5 Å². The highest BCUT2D eigenvalue weighted by molar-refractivity contribution is 7.74. The number of morpholine rings is 1. The van der Waals surface area contributed by atoms with Crippen LogP contribution >= 0.6 is 0 Å². The van der Waals surface area contributed by atoms with E-state index in [-0.39, 0.29) is 6.04 Å². The highest BCUT2D eigenvalue weighted by atomic mass is 32.2. The first-order chi connectivity index (χ1) is 14.2. The predicted molar refractivity (Wildman–Crippen MR) is 115 cm³/mol. The van der Waals surface area contributed by atoms with E-state index in [9.17, 15) is 4.21 Å². The van der Waals surface area contributed by atoms with Gasteiger partial charge in [0.2, 0.25) is 0 Å². The third kappa shape index (κ3) is 4.00. The first kappa shape index (κ1) is 18.6. The Bertz CT molecular complexity index is 1120. The number of ether oxygens (including phenoxy) is 1. The van der Waals surface area contributed by atoms with Crippen LogP contribution in [0.1, 0.15) is 19.8 Å². The van der Waals surface area contributed by atoms with Gasteiger partial charge in [-0.15, -0.1) is 0 Å². The van der Waals surface area contributed by atoms with Gasteiger partial charge in [-0.3, -0.25) is 0 Å². The summed E-state index contributed by atoms with van der Waals surface area (Å²) in [4.78, 5) is 14.6. The lowest BCUT2D eigenvalue weighted by Crippen LogP contribution is -2.43. The molecule has 1 atom stereocenters. The topological polar surface area (TPSA) is 83.5 Å². The minimum Gasteiger partial charge on any atom is -0.444 e. The van der Waals surface area contributed by atoms with Crippen LogP contribution in [0.25, 0.3) is 22.3 Å². The summed E-state index contributed by atoms with van der Waals surface area (Å²) in [5, 5.41) is 1.01. The summed E-state index contributed by atoms with van der Waals surface area (Å²) < 4.78 is 22.5. The first-order valence-electron chi connectivity index (χ1n) is 10.1. The molecule has 1 aliphatic carbocycles. The van der Waals surface area contributed by atoms with Crippen LogP contribution in [0.2, 0.25) is 0 Å². The van der Waals surface area contributed by atoms with Crippen molar-refractivity contribution in [3.05, 3.63) is 36.7 Å². The van der Waals surface area contributed by atoms with Crippen LogP contribution in [0.15, 0.2) is 41.0 Å². The van der Waals surface area contributed by atoms with E-state index in [0.29, 0.717) is 30.7 Å². The van der Waals surface area contributed by atoms with E-state index in [1.165, 1.54) is 0 Å². The standard InChI is InChI=1S/C21H24N5O2S/c1-14-12-28-9-8-26(14)16-10-19(17-4-6-22-21-18(17)5-7-23-21)24-20(11-16)25-29(27)13-15-2-3-15/h4-7,10-11,14-15H,2-3,8-9,12-13H2,1H3,(H,22,23)/q-1/t14-/m1/s1. The zero-order chi connectivity index (χ0) is 19.8. The molecule has 1 N–H and O–H groups in total. The van der Waals surface area contributed by atoms with Gasteiger partial charge in [-0.25, -0.2) is 9.97 Å². The average molecular weight is 411 g/mol. The molecule has 152 valence electrons. The number of nitrogens with one attached hydrogen (secondary N) is 1. The van der Waals surface area contributed by atoms with Crippen LogP contribution in [0.4, 0.5) is 11.5 Å². The summed E-state index contributed by atoms with van der Waals surface area (Å²) >= 11 is 0. The van der Waals surface area contributed by atoms with E-state index in [1.807, 2.05) is 24.4 Å². The quantitative estimate of drug-likeness (QED) is 0.642. The monoisotopic (exact) mass is 410 g/mol. The summed E-state index contributed by atoms with van der Waals surface area (Å²) in [6.45, 7) is 4.34. The molecule has 0 amide bonds. The van der Waals surface area contributed by atoms with Gasteiger partial charge in [-0.05, 0) is 25.1 Å². The smallest absolute Gasteiger partial charge is 0.137 e. The molecule has 0 aromatic carbocycles. The molecule has 7 nitrogen and oxygen atoms in total. The first-order valence-corrected chi connectivity index (χ1v) is 11.3. The number of rotatable bonds is 5. The molecule has 2 aliphatic rings. The maximum Gasteiger partial charge on any atom is 0.137 e. The number of hydrogen-bond acceptors (Lipinski definition) is 7. The third-order valence-corrected chi connectivity index (χ3v) is 6.65. The fourth-order valence-electron chi connectivity index (χ4n) is 3.78. The lowest BCUT2D eigenvalue weighted by molar-refractivity contribution is 0.0989. The van der Waals surface area contributed by atoms with Crippen LogP contribution < -0.4 is 4.90 Å². The second-order valence-corrected chi connectivity index (χ2v) is 8.97. The van der Waals surface area contributed by atoms with Crippen molar-refractivity contribution in [1.29, 1.82) is 0 Å². The number of H-pyrrole nitrogens is 1. The third-order valence-electron chi connectivity index (χ3n) is 5.50. The molecule has 1 saturated heterocycles. The van der Waals surface area contributed by atoms with Gasteiger partial charge < -0.3 is 23.2 Å². The molecule has 0 bridgehead atoms. The van der Waals surface area contributed by atoms with Crippen LogP contribution in [0, 0.1) is 5.92 Å². The summed E-state index contributed by atoms with van der Waals surface area (Å²) in [7, 11) is -1.24. The van der Waals surface area contributed by atoms with E-state index in [4.69, 9.17) is 9.72 Å². The number of aromatic nitrogens is 3. The predicted octanol–water partition coefficient (Wildman–Crippen LogP) is 4.04. The van der Waals surface area contributed by atoms with Gasteiger partial charge in [0.15, 0.2) is 0 Å². The molecular formula is C21H24N5O2S-. The molecule has 0 unspecified atom stereocenters.